The lowest BCUT2D eigenvalue weighted by molar-refractivity contribution is 0.739. The van der Waals surface area contributed by atoms with E-state index in [2.05, 4.69) is 42.7 Å². The molecule has 0 aromatic rings. The largest absolute Gasteiger partial charge is 0.127 e. The second-order valence-electron chi connectivity index (χ2n) is 2.92. The maximum absolute atomic E-state index is 2.29. The summed E-state index contributed by atoms with van der Waals surface area (Å²) in [5, 5.41) is 2.87. The average Bonchev–Trinajstić information content (AvgIpc) is 2.02. The van der Waals surface area contributed by atoms with Gasteiger partial charge in [-0.25, -0.2) is 0 Å². The van der Waals surface area contributed by atoms with Crippen molar-refractivity contribution in [2.45, 2.75) is 31.4 Å². The highest BCUT2D eigenvalue weighted by molar-refractivity contribution is 8.02. The summed E-state index contributed by atoms with van der Waals surface area (Å²) in [7, 11) is 0. The maximum Gasteiger partial charge on any atom is 0.0271 e. The topological polar surface area (TPSA) is 0 Å². The van der Waals surface area contributed by atoms with Crippen molar-refractivity contribution in [1.29, 1.82) is 0 Å². The molecule has 1 rings (SSSR count). The highest BCUT2D eigenvalue weighted by Crippen LogP contribution is 2.20. The van der Waals surface area contributed by atoms with Crippen molar-refractivity contribution in [2.24, 2.45) is 0 Å². The first-order chi connectivity index (χ1) is 5.93. The van der Waals surface area contributed by atoms with E-state index in [1.54, 1.807) is 0 Å². The lowest BCUT2D eigenvalue weighted by Crippen LogP contribution is -1.96. The molecule has 0 amide bonds. The number of rotatable bonds is 3. The van der Waals surface area contributed by atoms with Gasteiger partial charge < -0.3 is 0 Å². The molecule has 0 N–H and O–H groups in total. The van der Waals surface area contributed by atoms with Crippen LogP contribution in [0.1, 0.15) is 26.2 Å². The molecule has 1 aliphatic heterocycles. The van der Waals surface area contributed by atoms with Crippen LogP contribution < -0.4 is 0 Å². The number of allylic oxidation sites excluding steroid dienone is 4. The number of thioether (sulfide) groups is 1. The third-order valence-corrected chi connectivity index (χ3v) is 2.89. The molecule has 0 fully saturated rings. The fourth-order valence-corrected chi connectivity index (χ4v) is 1.99. The Hall–Kier alpha value is -0.430. The monoisotopic (exact) mass is 180 g/mol. The van der Waals surface area contributed by atoms with Crippen molar-refractivity contribution in [3.63, 3.8) is 0 Å². The first-order valence-corrected chi connectivity index (χ1v) is 5.53. The van der Waals surface area contributed by atoms with Crippen LogP contribution in [0.3, 0.4) is 0 Å². The summed E-state index contributed by atoms with van der Waals surface area (Å²) in [6, 6.07) is 0. The van der Waals surface area contributed by atoms with Gasteiger partial charge in [0.25, 0.3) is 0 Å². The molecule has 1 heterocycles. The summed E-state index contributed by atoms with van der Waals surface area (Å²) in [6.07, 6.45) is 14.6. The van der Waals surface area contributed by atoms with Crippen molar-refractivity contribution >= 4 is 11.8 Å². The van der Waals surface area contributed by atoms with Crippen LogP contribution in [-0.4, -0.2) is 5.25 Å². The average molecular weight is 180 g/mol. The standard InChI is InChI=1S/C11H16S/c1-2-3-8-11-9-6-4-5-7-10-12-11/h4-7,9-11H,2-3,8H2,1H3. The van der Waals surface area contributed by atoms with Gasteiger partial charge >= 0.3 is 0 Å². The molecule has 66 valence electrons. The number of hydrogen-bond acceptors (Lipinski definition) is 1. The molecular weight excluding hydrogens is 164 g/mol. The van der Waals surface area contributed by atoms with Crippen LogP contribution in [0.25, 0.3) is 0 Å². The van der Waals surface area contributed by atoms with Gasteiger partial charge in [-0.3, -0.25) is 0 Å². The van der Waals surface area contributed by atoms with Crippen LogP contribution >= 0.6 is 11.8 Å². The molecular formula is C11H16S. The fourth-order valence-electron chi connectivity index (χ4n) is 1.12. The molecule has 1 heteroatoms. The van der Waals surface area contributed by atoms with E-state index in [-0.39, 0.29) is 0 Å². The SMILES string of the molecule is CCCCC1C=CC=CC=CS1. The molecule has 0 aliphatic carbocycles. The van der Waals surface area contributed by atoms with Gasteiger partial charge in [0.05, 0.1) is 0 Å². The smallest absolute Gasteiger partial charge is 0.0271 e. The van der Waals surface area contributed by atoms with Crippen LogP contribution in [-0.2, 0) is 0 Å². The fraction of sp³-hybridized carbons (Fsp3) is 0.455. The van der Waals surface area contributed by atoms with E-state index >= 15 is 0 Å². The Labute approximate surface area is 79.4 Å². The lowest BCUT2D eigenvalue weighted by Gasteiger charge is -2.08. The molecule has 0 bridgehead atoms. The van der Waals surface area contributed by atoms with Crippen molar-refractivity contribution in [3.8, 4) is 0 Å². The van der Waals surface area contributed by atoms with Crippen LogP contribution in [0, 0.1) is 0 Å². The normalized spacial score (nSPS) is 22.2. The second-order valence-corrected chi connectivity index (χ2v) is 4.06. The van der Waals surface area contributed by atoms with Gasteiger partial charge in [0.15, 0.2) is 0 Å². The molecule has 0 radical (unpaired) electrons. The number of unbranched alkanes of at least 4 members (excludes halogenated alkanes) is 1. The highest BCUT2D eigenvalue weighted by Gasteiger charge is 2.01. The lowest BCUT2D eigenvalue weighted by atomic mass is 10.2. The van der Waals surface area contributed by atoms with E-state index in [9.17, 15) is 0 Å². The summed E-state index contributed by atoms with van der Waals surface area (Å²) in [5.74, 6) is 0. The Morgan fingerprint density at radius 2 is 2.00 bits per heavy atom. The molecule has 0 aromatic carbocycles. The summed E-state index contributed by atoms with van der Waals surface area (Å²) >= 11 is 1.92. The van der Waals surface area contributed by atoms with Gasteiger partial charge in [-0.15, -0.1) is 11.8 Å². The predicted molar refractivity (Wildman–Crippen MR) is 58.3 cm³/mol. The van der Waals surface area contributed by atoms with E-state index in [0.717, 1.165) is 0 Å². The Balaban J connectivity index is 2.37. The zero-order chi connectivity index (χ0) is 8.65. The van der Waals surface area contributed by atoms with E-state index < -0.39 is 0 Å². The molecule has 0 saturated carbocycles. The molecule has 1 atom stereocenters. The van der Waals surface area contributed by atoms with Gasteiger partial charge in [0.2, 0.25) is 0 Å². The highest BCUT2D eigenvalue weighted by atomic mass is 32.2. The first-order valence-electron chi connectivity index (χ1n) is 4.59. The molecule has 1 aliphatic rings. The minimum atomic E-state index is 0.686. The third-order valence-electron chi connectivity index (χ3n) is 1.83. The van der Waals surface area contributed by atoms with Crippen molar-refractivity contribution in [3.05, 3.63) is 35.8 Å². The Morgan fingerprint density at radius 1 is 1.17 bits per heavy atom. The molecule has 0 saturated heterocycles. The Bertz CT molecular complexity index is 189. The quantitative estimate of drug-likeness (QED) is 0.634. The van der Waals surface area contributed by atoms with Gasteiger partial charge in [-0.05, 0) is 11.8 Å². The summed E-state index contributed by atoms with van der Waals surface area (Å²) in [6.45, 7) is 2.24. The number of hydrogen-bond donors (Lipinski definition) is 0. The van der Waals surface area contributed by atoms with Gasteiger partial charge in [-0.1, -0.05) is 50.1 Å². The molecule has 0 nitrogen and oxygen atoms in total. The molecule has 0 spiro atoms. The zero-order valence-electron chi connectivity index (χ0n) is 7.57. The summed E-state index contributed by atoms with van der Waals surface area (Å²) in [5.41, 5.74) is 0. The zero-order valence-corrected chi connectivity index (χ0v) is 8.39. The first kappa shape index (κ1) is 9.66. The van der Waals surface area contributed by atoms with Crippen LogP contribution in [0.2, 0.25) is 0 Å². The Morgan fingerprint density at radius 3 is 2.83 bits per heavy atom. The molecule has 1 unspecified atom stereocenters. The second kappa shape index (κ2) is 6.13. The predicted octanol–water partition coefficient (Wildman–Crippen LogP) is 3.92. The van der Waals surface area contributed by atoms with E-state index in [0.29, 0.717) is 5.25 Å². The van der Waals surface area contributed by atoms with Gasteiger partial charge in [0.1, 0.15) is 0 Å². The van der Waals surface area contributed by atoms with E-state index in [1.807, 2.05) is 11.8 Å². The summed E-state index contributed by atoms with van der Waals surface area (Å²) < 4.78 is 0. The minimum Gasteiger partial charge on any atom is -0.127 e. The van der Waals surface area contributed by atoms with Gasteiger partial charge in [0, 0.05) is 5.25 Å². The van der Waals surface area contributed by atoms with Crippen LogP contribution in [0.5, 0.6) is 0 Å². The van der Waals surface area contributed by atoms with Crippen molar-refractivity contribution in [2.75, 3.05) is 0 Å². The third kappa shape index (κ3) is 3.82. The minimum absolute atomic E-state index is 0.686. The van der Waals surface area contributed by atoms with E-state index in [1.165, 1.54) is 19.3 Å². The van der Waals surface area contributed by atoms with Crippen LogP contribution in [0.15, 0.2) is 35.8 Å². The maximum atomic E-state index is 2.29. The van der Waals surface area contributed by atoms with E-state index in [4.69, 9.17) is 0 Å². The van der Waals surface area contributed by atoms with Crippen molar-refractivity contribution in [1.82, 2.24) is 0 Å². The van der Waals surface area contributed by atoms with Crippen molar-refractivity contribution < 1.29 is 0 Å². The summed E-state index contributed by atoms with van der Waals surface area (Å²) in [4.78, 5) is 0. The molecule has 12 heavy (non-hydrogen) atoms. The molecule has 0 aromatic heterocycles. The Kier molecular flexibility index (Phi) is 4.93. The van der Waals surface area contributed by atoms with Gasteiger partial charge in [-0.2, -0.15) is 0 Å². The van der Waals surface area contributed by atoms with Crippen LogP contribution in [0.4, 0.5) is 0 Å².